The van der Waals surface area contributed by atoms with Crippen LogP contribution in [0.15, 0.2) is 29.2 Å². The number of sulfonamides is 1. The minimum Gasteiger partial charge on any atom is -0.353 e. The molecule has 0 heterocycles. The molecule has 0 spiro atoms. The van der Waals surface area contributed by atoms with Gasteiger partial charge >= 0.3 is 0 Å². The Balaban J connectivity index is 2.88. The minimum atomic E-state index is -3.63. The zero-order chi connectivity index (χ0) is 16.0. The highest BCUT2D eigenvalue weighted by atomic mass is 32.2. The summed E-state index contributed by atoms with van der Waals surface area (Å²) in [5.41, 5.74) is 0.992. The first-order valence-electron chi connectivity index (χ1n) is 7.17. The summed E-state index contributed by atoms with van der Waals surface area (Å²) >= 11 is 0. The highest BCUT2D eigenvalue weighted by Crippen LogP contribution is 2.15. The van der Waals surface area contributed by atoms with Gasteiger partial charge in [-0.1, -0.05) is 31.5 Å². The van der Waals surface area contributed by atoms with Crippen molar-refractivity contribution >= 4 is 15.9 Å². The number of benzene rings is 1. The number of hydrogen-bond donors (Lipinski definition) is 1. The third kappa shape index (κ3) is 4.82. The second-order valence-corrected chi connectivity index (χ2v) is 7.06. The Bertz CT molecular complexity index is 567. The first-order valence-corrected chi connectivity index (χ1v) is 8.61. The number of hydrogen-bond acceptors (Lipinski definition) is 3. The van der Waals surface area contributed by atoms with Gasteiger partial charge in [-0.15, -0.1) is 0 Å². The Hall–Kier alpha value is -1.40. The van der Waals surface area contributed by atoms with Crippen molar-refractivity contribution in [1.82, 2.24) is 9.62 Å². The number of carbonyl (C=O) groups excluding carboxylic acids is 1. The lowest BCUT2D eigenvalue weighted by molar-refractivity contribution is -0.121. The summed E-state index contributed by atoms with van der Waals surface area (Å²) in [5, 5.41) is 2.78. The molecule has 0 aliphatic heterocycles. The molecule has 1 atom stereocenters. The summed E-state index contributed by atoms with van der Waals surface area (Å²) in [7, 11) is -3.63. The predicted octanol–water partition coefficient (Wildman–Crippen LogP) is 1.92. The van der Waals surface area contributed by atoms with Gasteiger partial charge in [-0.25, -0.2) is 8.42 Å². The molecule has 6 heteroatoms. The molecule has 0 bridgehead atoms. The smallest absolute Gasteiger partial charge is 0.243 e. The van der Waals surface area contributed by atoms with Crippen LogP contribution in [0.4, 0.5) is 0 Å². The van der Waals surface area contributed by atoms with Crippen LogP contribution < -0.4 is 5.32 Å². The van der Waals surface area contributed by atoms with Crippen molar-refractivity contribution in [2.24, 2.45) is 0 Å². The molecule has 1 unspecified atom stereocenters. The SMILES string of the molecule is CCC(C)NC(=O)CN(CC)S(=O)(=O)c1ccc(C)cc1. The second kappa shape index (κ2) is 7.56. The van der Waals surface area contributed by atoms with Crippen molar-refractivity contribution in [2.75, 3.05) is 13.1 Å². The first-order chi connectivity index (χ1) is 9.81. The average molecular weight is 312 g/mol. The quantitative estimate of drug-likeness (QED) is 0.836. The third-order valence-electron chi connectivity index (χ3n) is 3.35. The molecule has 0 aliphatic carbocycles. The van der Waals surface area contributed by atoms with E-state index in [4.69, 9.17) is 0 Å². The van der Waals surface area contributed by atoms with Crippen molar-refractivity contribution in [2.45, 2.75) is 45.1 Å². The van der Waals surface area contributed by atoms with Crippen molar-refractivity contribution in [1.29, 1.82) is 0 Å². The average Bonchev–Trinajstić information content (AvgIpc) is 2.44. The molecular formula is C15H24N2O3S. The summed E-state index contributed by atoms with van der Waals surface area (Å²) in [5.74, 6) is -0.276. The van der Waals surface area contributed by atoms with Gasteiger partial charge in [-0.2, -0.15) is 4.31 Å². The van der Waals surface area contributed by atoms with E-state index >= 15 is 0 Å². The molecule has 0 saturated carbocycles. The minimum absolute atomic E-state index is 0.0401. The lowest BCUT2D eigenvalue weighted by Crippen LogP contribution is -2.43. The van der Waals surface area contributed by atoms with Crippen LogP contribution in [0.1, 0.15) is 32.8 Å². The number of rotatable bonds is 7. The van der Waals surface area contributed by atoms with E-state index in [1.165, 1.54) is 4.31 Å². The Morgan fingerprint density at radius 2 is 1.81 bits per heavy atom. The Morgan fingerprint density at radius 3 is 2.29 bits per heavy atom. The zero-order valence-corrected chi connectivity index (χ0v) is 13.9. The second-order valence-electron chi connectivity index (χ2n) is 5.12. The number of amides is 1. The van der Waals surface area contributed by atoms with Crippen molar-refractivity contribution < 1.29 is 13.2 Å². The van der Waals surface area contributed by atoms with Crippen LogP contribution in [0.2, 0.25) is 0 Å². The number of nitrogens with zero attached hydrogens (tertiary/aromatic N) is 1. The lowest BCUT2D eigenvalue weighted by Gasteiger charge is -2.21. The van der Waals surface area contributed by atoms with Gasteiger partial charge in [0.1, 0.15) is 0 Å². The molecule has 118 valence electrons. The van der Waals surface area contributed by atoms with E-state index in [1.807, 2.05) is 20.8 Å². The molecule has 5 nitrogen and oxygen atoms in total. The summed E-state index contributed by atoms with van der Waals surface area (Å²) in [4.78, 5) is 12.1. The molecule has 21 heavy (non-hydrogen) atoms. The van der Waals surface area contributed by atoms with Gasteiger partial charge in [-0.05, 0) is 32.4 Å². The van der Waals surface area contributed by atoms with Gasteiger partial charge in [0.05, 0.1) is 11.4 Å². The molecule has 1 amide bonds. The lowest BCUT2D eigenvalue weighted by atomic mass is 10.2. The van der Waals surface area contributed by atoms with Crippen molar-refractivity contribution in [3.63, 3.8) is 0 Å². The monoisotopic (exact) mass is 312 g/mol. The van der Waals surface area contributed by atoms with E-state index in [2.05, 4.69) is 5.32 Å². The van der Waals surface area contributed by atoms with Gasteiger partial charge in [0.25, 0.3) is 0 Å². The fourth-order valence-electron chi connectivity index (χ4n) is 1.81. The number of carbonyl (C=O) groups is 1. The molecule has 1 aromatic rings. The van der Waals surface area contributed by atoms with Gasteiger partial charge < -0.3 is 5.32 Å². The van der Waals surface area contributed by atoms with Crippen LogP contribution in [0.5, 0.6) is 0 Å². The van der Waals surface area contributed by atoms with Crippen LogP contribution >= 0.6 is 0 Å². The number of likely N-dealkylation sites (N-methyl/N-ethyl adjacent to an activating group) is 1. The normalized spacial score (nSPS) is 13.2. The maximum atomic E-state index is 12.5. The maximum Gasteiger partial charge on any atom is 0.243 e. The van der Waals surface area contributed by atoms with E-state index < -0.39 is 10.0 Å². The Labute approximate surface area is 127 Å². The molecule has 0 aromatic heterocycles. The number of nitrogens with one attached hydrogen (secondary N) is 1. The van der Waals surface area contributed by atoms with Crippen molar-refractivity contribution in [3.05, 3.63) is 29.8 Å². The summed E-state index contributed by atoms with van der Waals surface area (Å²) in [6.45, 7) is 7.57. The molecule has 0 radical (unpaired) electrons. The summed E-state index contributed by atoms with van der Waals surface area (Å²) < 4.78 is 26.2. The molecule has 1 aromatic carbocycles. The highest BCUT2D eigenvalue weighted by molar-refractivity contribution is 7.89. The Kier molecular flexibility index (Phi) is 6.36. The van der Waals surface area contributed by atoms with E-state index in [-0.39, 0.29) is 29.9 Å². The molecule has 1 N–H and O–H groups in total. The van der Waals surface area contributed by atoms with E-state index in [0.717, 1.165) is 12.0 Å². The third-order valence-corrected chi connectivity index (χ3v) is 5.29. The fraction of sp³-hybridized carbons (Fsp3) is 0.533. The summed E-state index contributed by atoms with van der Waals surface area (Å²) in [6, 6.07) is 6.68. The van der Waals surface area contributed by atoms with Gasteiger partial charge in [0.2, 0.25) is 15.9 Å². The standard InChI is InChI=1S/C15H24N2O3S/c1-5-13(4)16-15(18)11-17(6-2)21(19,20)14-9-7-12(3)8-10-14/h7-10,13H,5-6,11H2,1-4H3,(H,16,18). The van der Waals surface area contributed by atoms with Crippen LogP contribution in [-0.4, -0.2) is 37.8 Å². The molecule has 0 fully saturated rings. The zero-order valence-electron chi connectivity index (χ0n) is 13.1. The van der Waals surface area contributed by atoms with Gasteiger partial charge in [-0.3, -0.25) is 4.79 Å². The molecule has 0 aliphatic rings. The van der Waals surface area contributed by atoms with E-state index in [9.17, 15) is 13.2 Å². The van der Waals surface area contributed by atoms with Crippen LogP contribution in [0.3, 0.4) is 0 Å². The van der Waals surface area contributed by atoms with E-state index in [1.54, 1.807) is 31.2 Å². The fourth-order valence-corrected chi connectivity index (χ4v) is 3.21. The van der Waals surface area contributed by atoms with Crippen molar-refractivity contribution in [3.8, 4) is 0 Å². The van der Waals surface area contributed by atoms with E-state index in [0.29, 0.717) is 0 Å². The van der Waals surface area contributed by atoms with Crippen LogP contribution in [-0.2, 0) is 14.8 Å². The summed E-state index contributed by atoms with van der Waals surface area (Å²) in [6.07, 6.45) is 0.808. The van der Waals surface area contributed by atoms with Gasteiger partial charge in [0.15, 0.2) is 0 Å². The highest BCUT2D eigenvalue weighted by Gasteiger charge is 2.25. The molecular weight excluding hydrogens is 288 g/mol. The Morgan fingerprint density at radius 1 is 1.24 bits per heavy atom. The molecule has 1 rings (SSSR count). The van der Waals surface area contributed by atoms with Crippen LogP contribution in [0.25, 0.3) is 0 Å². The predicted molar refractivity (Wildman–Crippen MR) is 83.5 cm³/mol. The molecule has 0 saturated heterocycles. The topological polar surface area (TPSA) is 66.5 Å². The number of aryl methyl sites for hydroxylation is 1. The largest absolute Gasteiger partial charge is 0.353 e. The first kappa shape index (κ1) is 17.7. The maximum absolute atomic E-state index is 12.5. The van der Waals surface area contributed by atoms with Gasteiger partial charge in [0, 0.05) is 12.6 Å². The van der Waals surface area contributed by atoms with Crippen LogP contribution in [0, 0.1) is 6.92 Å².